The molecule has 0 radical (unpaired) electrons. The van der Waals surface area contributed by atoms with E-state index in [9.17, 15) is 0 Å². The van der Waals surface area contributed by atoms with E-state index in [4.69, 9.17) is 9.84 Å². The van der Waals surface area contributed by atoms with Crippen LogP contribution in [-0.4, -0.2) is 60.5 Å². The molecule has 0 spiro atoms. The topological polar surface area (TPSA) is 44.7 Å². The zero-order valence-electron chi connectivity index (χ0n) is 11.8. The molecule has 106 valence electrons. The summed E-state index contributed by atoms with van der Waals surface area (Å²) in [6.07, 6.45) is 4.82. The Morgan fingerprint density at radius 1 is 1.44 bits per heavy atom. The largest absolute Gasteiger partial charge is 0.396 e. The third kappa shape index (κ3) is 3.67. The maximum Gasteiger partial charge on any atom is 0.0703 e. The second-order valence-electron chi connectivity index (χ2n) is 6.27. The Hall–Kier alpha value is -0.160. The molecule has 2 atom stereocenters. The van der Waals surface area contributed by atoms with Crippen molar-refractivity contribution in [2.24, 2.45) is 0 Å². The Bertz CT molecular complexity index is 252. The smallest absolute Gasteiger partial charge is 0.0703 e. The van der Waals surface area contributed by atoms with E-state index in [1.807, 2.05) is 0 Å². The fraction of sp³-hybridized carbons (Fsp3) is 1.00. The summed E-state index contributed by atoms with van der Waals surface area (Å²) in [5.74, 6) is 0. The number of nitrogens with one attached hydrogen (secondary N) is 1. The van der Waals surface area contributed by atoms with Crippen LogP contribution in [-0.2, 0) is 4.74 Å². The Labute approximate surface area is 111 Å². The maximum atomic E-state index is 9.13. The van der Waals surface area contributed by atoms with Gasteiger partial charge in [0.25, 0.3) is 0 Å². The quantitative estimate of drug-likeness (QED) is 0.787. The van der Waals surface area contributed by atoms with Crippen molar-refractivity contribution in [3.05, 3.63) is 0 Å². The highest BCUT2D eigenvalue weighted by atomic mass is 16.5. The van der Waals surface area contributed by atoms with Crippen LogP contribution < -0.4 is 5.32 Å². The molecule has 2 rings (SSSR count). The van der Waals surface area contributed by atoms with Crippen LogP contribution in [0.25, 0.3) is 0 Å². The molecule has 2 saturated heterocycles. The van der Waals surface area contributed by atoms with Gasteiger partial charge in [0.05, 0.1) is 6.10 Å². The van der Waals surface area contributed by atoms with Crippen LogP contribution in [0.15, 0.2) is 0 Å². The third-order valence-electron chi connectivity index (χ3n) is 4.39. The lowest BCUT2D eigenvalue weighted by atomic mass is 9.97. The predicted molar refractivity (Wildman–Crippen MR) is 72.7 cm³/mol. The molecule has 18 heavy (non-hydrogen) atoms. The average Bonchev–Trinajstić information content (AvgIpc) is 2.76. The number of ether oxygens (including phenoxy) is 1. The van der Waals surface area contributed by atoms with E-state index >= 15 is 0 Å². The minimum atomic E-state index is 0.225. The lowest BCUT2D eigenvalue weighted by molar-refractivity contribution is 0.0303. The molecular weight excluding hydrogens is 228 g/mol. The normalized spacial score (nSPS) is 33.5. The van der Waals surface area contributed by atoms with Crippen LogP contribution in [0.4, 0.5) is 0 Å². The van der Waals surface area contributed by atoms with Gasteiger partial charge in [0.15, 0.2) is 0 Å². The summed E-state index contributed by atoms with van der Waals surface area (Å²) in [6, 6.07) is 0.415. The summed E-state index contributed by atoms with van der Waals surface area (Å²) in [5, 5.41) is 12.7. The molecule has 0 aliphatic carbocycles. The molecule has 0 aromatic heterocycles. The van der Waals surface area contributed by atoms with Gasteiger partial charge in [-0.3, -0.25) is 4.90 Å². The van der Waals surface area contributed by atoms with E-state index in [1.165, 1.54) is 12.8 Å². The molecule has 2 N–H and O–H groups in total. The van der Waals surface area contributed by atoms with Gasteiger partial charge in [0.1, 0.15) is 0 Å². The Morgan fingerprint density at radius 3 is 2.94 bits per heavy atom. The fourth-order valence-electron chi connectivity index (χ4n) is 3.02. The van der Waals surface area contributed by atoms with E-state index in [0.717, 1.165) is 39.1 Å². The molecule has 2 unspecified atom stereocenters. The van der Waals surface area contributed by atoms with E-state index in [-0.39, 0.29) is 12.1 Å². The number of aliphatic hydroxyl groups is 1. The van der Waals surface area contributed by atoms with Crippen LogP contribution in [0.3, 0.4) is 0 Å². The van der Waals surface area contributed by atoms with Crippen LogP contribution in [0.2, 0.25) is 0 Å². The Morgan fingerprint density at radius 2 is 2.28 bits per heavy atom. The molecule has 2 heterocycles. The van der Waals surface area contributed by atoms with Crippen molar-refractivity contribution in [3.8, 4) is 0 Å². The molecule has 0 amide bonds. The molecule has 0 aromatic rings. The van der Waals surface area contributed by atoms with Gasteiger partial charge >= 0.3 is 0 Å². The van der Waals surface area contributed by atoms with Crippen molar-refractivity contribution >= 4 is 0 Å². The number of aliphatic hydroxyl groups excluding tert-OH is 1. The summed E-state index contributed by atoms with van der Waals surface area (Å²) >= 11 is 0. The predicted octanol–water partition coefficient (Wildman–Crippen LogP) is 0.990. The van der Waals surface area contributed by atoms with Crippen LogP contribution in [0, 0.1) is 0 Å². The monoisotopic (exact) mass is 256 g/mol. The first-order chi connectivity index (χ1) is 8.62. The Kier molecular flexibility index (Phi) is 5.01. The fourth-order valence-corrected chi connectivity index (χ4v) is 3.02. The summed E-state index contributed by atoms with van der Waals surface area (Å²) in [4.78, 5) is 2.56. The molecule has 0 aromatic carbocycles. The van der Waals surface area contributed by atoms with E-state index in [1.54, 1.807) is 0 Å². The number of hydrogen-bond acceptors (Lipinski definition) is 4. The molecule has 4 heteroatoms. The van der Waals surface area contributed by atoms with Crippen LogP contribution in [0.1, 0.15) is 39.5 Å². The molecule has 2 aliphatic rings. The van der Waals surface area contributed by atoms with Crippen molar-refractivity contribution in [1.82, 2.24) is 10.2 Å². The van der Waals surface area contributed by atoms with Crippen molar-refractivity contribution < 1.29 is 9.84 Å². The zero-order valence-corrected chi connectivity index (χ0v) is 11.8. The van der Waals surface area contributed by atoms with Crippen LogP contribution >= 0.6 is 0 Å². The molecule has 2 fully saturated rings. The molecular formula is C14H28N2O2. The molecule has 0 saturated carbocycles. The van der Waals surface area contributed by atoms with Crippen LogP contribution in [0.5, 0.6) is 0 Å². The van der Waals surface area contributed by atoms with Crippen molar-refractivity contribution in [2.75, 3.05) is 32.8 Å². The van der Waals surface area contributed by atoms with Gasteiger partial charge in [-0.05, 0) is 46.1 Å². The molecule has 2 aliphatic heterocycles. The third-order valence-corrected chi connectivity index (χ3v) is 4.39. The zero-order chi connectivity index (χ0) is 13.0. The highest BCUT2D eigenvalue weighted by Gasteiger charge is 2.33. The summed E-state index contributed by atoms with van der Waals surface area (Å²) in [6.45, 7) is 8.95. The van der Waals surface area contributed by atoms with Gasteiger partial charge in [-0.1, -0.05) is 0 Å². The first-order valence-electron chi connectivity index (χ1n) is 7.33. The van der Waals surface area contributed by atoms with Crippen molar-refractivity contribution in [3.63, 3.8) is 0 Å². The van der Waals surface area contributed by atoms with Gasteiger partial charge in [0.2, 0.25) is 0 Å². The van der Waals surface area contributed by atoms with E-state index in [0.29, 0.717) is 12.1 Å². The maximum absolute atomic E-state index is 9.13. The first kappa shape index (κ1) is 14.3. The lowest BCUT2D eigenvalue weighted by Gasteiger charge is -2.39. The van der Waals surface area contributed by atoms with Gasteiger partial charge in [-0.15, -0.1) is 0 Å². The van der Waals surface area contributed by atoms with E-state index < -0.39 is 0 Å². The lowest BCUT2D eigenvalue weighted by Crippen LogP contribution is -2.49. The Balaban J connectivity index is 1.96. The highest BCUT2D eigenvalue weighted by Crippen LogP contribution is 2.24. The number of nitrogens with zero attached hydrogens (tertiary/aromatic N) is 1. The second kappa shape index (κ2) is 6.33. The van der Waals surface area contributed by atoms with Crippen molar-refractivity contribution in [2.45, 2.75) is 57.2 Å². The SMILES string of the molecule is CC1(C)CCNC(CCO)CN1CC1CCCO1. The van der Waals surface area contributed by atoms with Gasteiger partial charge < -0.3 is 15.2 Å². The van der Waals surface area contributed by atoms with E-state index in [2.05, 4.69) is 24.1 Å². The minimum Gasteiger partial charge on any atom is -0.396 e. The second-order valence-corrected chi connectivity index (χ2v) is 6.27. The molecule has 4 nitrogen and oxygen atoms in total. The average molecular weight is 256 g/mol. The van der Waals surface area contributed by atoms with Gasteiger partial charge in [0, 0.05) is 37.9 Å². The minimum absolute atomic E-state index is 0.225. The highest BCUT2D eigenvalue weighted by molar-refractivity contribution is 4.90. The summed E-state index contributed by atoms with van der Waals surface area (Å²) < 4.78 is 5.77. The summed E-state index contributed by atoms with van der Waals surface area (Å²) in [7, 11) is 0. The summed E-state index contributed by atoms with van der Waals surface area (Å²) in [5.41, 5.74) is 0.225. The molecule has 0 bridgehead atoms. The first-order valence-corrected chi connectivity index (χ1v) is 7.33. The van der Waals surface area contributed by atoms with Gasteiger partial charge in [-0.2, -0.15) is 0 Å². The number of rotatable bonds is 4. The number of hydrogen-bond donors (Lipinski definition) is 2. The van der Waals surface area contributed by atoms with Crippen molar-refractivity contribution in [1.29, 1.82) is 0 Å². The standard InChI is InChI=1S/C14H28N2O2/c1-14(2)6-7-15-12(5-8-17)10-16(14)11-13-4-3-9-18-13/h12-13,15,17H,3-11H2,1-2H3. The van der Waals surface area contributed by atoms with Gasteiger partial charge in [-0.25, -0.2) is 0 Å².